The first kappa shape index (κ1) is 14.4. The van der Waals surface area contributed by atoms with Crippen molar-refractivity contribution in [2.24, 2.45) is 11.8 Å². The summed E-state index contributed by atoms with van der Waals surface area (Å²) in [5.41, 5.74) is 0. The molecule has 1 amide bonds. The second kappa shape index (κ2) is 5.45. The number of piperazine rings is 1. The maximum atomic E-state index is 12.3. The van der Waals surface area contributed by atoms with Gasteiger partial charge in [0.1, 0.15) is 17.0 Å². The lowest BCUT2D eigenvalue weighted by atomic mass is 10.2. The highest BCUT2D eigenvalue weighted by atomic mass is 32.1. The van der Waals surface area contributed by atoms with E-state index in [4.69, 9.17) is 5.11 Å². The highest BCUT2D eigenvalue weighted by Gasteiger charge is 2.50. The third-order valence-corrected chi connectivity index (χ3v) is 5.38. The summed E-state index contributed by atoms with van der Waals surface area (Å²) in [7, 11) is 0. The lowest BCUT2D eigenvalue weighted by Gasteiger charge is -2.35. The number of rotatable bonds is 3. The number of carbonyl (C=O) groups is 2. The fourth-order valence-corrected chi connectivity index (χ4v) is 3.87. The zero-order valence-electron chi connectivity index (χ0n) is 12.4. The van der Waals surface area contributed by atoms with Crippen LogP contribution >= 0.6 is 11.3 Å². The van der Waals surface area contributed by atoms with Gasteiger partial charge < -0.3 is 14.9 Å². The number of amides is 1. The Kier molecular flexibility index (Phi) is 3.41. The molecule has 4 rings (SSSR count). The van der Waals surface area contributed by atoms with Crippen LogP contribution in [0.5, 0.6) is 0 Å². The van der Waals surface area contributed by atoms with Gasteiger partial charge in [0, 0.05) is 26.2 Å². The van der Waals surface area contributed by atoms with E-state index in [1.165, 1.54) is 0 Å². The zero-order valence-corrected chi connectivity index (χ0v) is 13.2. The van der Waals surface area contributed by atoms with Crippen molar-refractivity contribution < 1.29 is 14.7 Å². The molecule has 2 aromatic rings. The number of hydrogen-bond donors (Lipinski definition) is 1. The molecule has 2 fully saturated rings. The summed E-state index contributed by atoms with van der Waals surface area (Å²) >= 11 is 1.59. The first-order chi connectivity index (χ1) is 11.1. The smallest absolute Gasteiger partial charge is 0.307 e. The van der Waals surface area contributed by atoms with E-state index in [1.807, 2.05) is 11.4 Å². The van der Waals surface area contributed by atoms with Crippen LogP contribution in [0.1, 0.15) is 6.42 Å². The molecule has 0 bridgehead atoms. The molecule has 3 heterocycles. The molecule has 1 aliphatic carbocycles. The van der Waals surface area contributed by atoms with Crippen LogP contribution in [-0.2, 0) is 9.59 Å². The molecule has 7 nitrogen and oxygen atoms in total. The van der Waals surface area contributed by atoms with Crippen molar-refractivity contribution in [3.05, 3.63) is 17.8 Å². The van der Waals surface area contributed by atoms with Crippen LogP contribution in [0, 0.1) is 11.8 Å². The monoisotopic (exact) mass is 332 g/mol. The Bertz CT molecular complexity index is 769. The van der Waals surface area contributed by atoms with Crippen molar-refractivity contribution in [2.45, 2.75) is 6.42 Å². The van der Waals surface area contributed by atoms with Gasteiger partial charge in [0.25, 0.3) is 0 Å². The van der Waals surface area contributed by atoms with Gasteiger partial charge in [-0.15, -0.1) is 11.3 Å². The summed E-state index contributed by atoms with van der Waals surface area (Å²) < 4.78 is 0. The number of anilines is 1. The van der Waals surface area contributed by atoms with Crippen molar-refractivity contribution in [3.63, 3.8) is 0 Å². The van der Waals surface area contributed by atoms with Gasteiger partial charge >= 0.3 is 5.97 Å². The number of hydrogen-bond acceptors (Lipinski definition) is 6. The van der Waals surface area contributed by atoms with Crippen LogP contribution in [0.4, 0.5) is 5.82 Å². The summed E-state index contributed by atoms with van der Waals surface area (Å²) in [5.74, 6) is -0.754. The number of nitrogens with zero attached hydrogens (tertiary/aromatic N) is 4. The summed E-state index contributed by atoms with van der Waals surface area (Å²) in [6.45, 7) is 2.63. The summed E-state index contributed by atoms with van der Waals surface area (Å²) in [6, 6.07) is 2.02. The molecule has 8 heteroatoms. The highest BCUT2D eigenvalue weighted by Crippen LogP contribution is 2.40. The molecule has 0 aromatic carbocycles. The minimum Gasteiger partial charge on any atom is -0.481 e. The van der Waals surface area contributed by atoms with Gasteiger partial charge in [0.2, 0.25) is 5.91 Å². The Hall–Kier alpha value is -2.22. The van der Waals surface area contributed by atoms with Gasteiger partial charge in [-0.3, -0.25) is 9.59 Å². The largest absolute Gasteiger partial charge is 0.481 e. The molecule has 23 heavy (non-hydrogen) atoms. The van der Waals surface area contributed by atoms with Gasteiger partial charge in [-0.2, -0.15) is 0 Å². The van der Waals surface area contributed by atoms with E-state index in [0.717, 1.165) is 16.0 Å². The average molecular weight is 332 g/mol. The Morgan fingerprint density at radius 3 is 2.65 bits per heavy atom. The molecule has 0 radical (unpaired) electrons. The van der Waals surface area contributed by atoms with Gasteiger partial charge in [0.15, 0.2) is 0 Å². The van der Waals surface area contributed by atoms with Crippen LogP contribution in [0.15, 0.2) is 17.8 Å². The predicted octanol–water partition coefficient (Wildman–Crippen LogP) is 1.06. The van der Waals surface area contributed by atoms with Crippen LogP contribution in [0.2, 0.25) is 0 Å². The summed E-state index contributed by atoms with van der Waals surface area (Å²) in [4.78, 5) is 36.8. The van der Waals surface area contributed by atoms with Gasteiger partial charge in [-0.25, -0.2) is 9.97 Å². The van der Waals surface area contributed by atoms with E-state index in [0.29, 0.717) is 32.6 Å². The Labute approximate surface area is 136 Å². The number of carboxylic acid groups (broad SMARTS) is 1. The number of aliphatic carboxylic acids is 1. The number of carbonyl (C=O) groups excluding carboxylic acids is 1. The zero-order chi connectivity index (χ0) is 16.0. The van der Waals surface area contributed by atoms with Gasteiger partial charge in [-0.1, -0.05) is 0 Å². The van der Waals surface area contributed by atoms with Crippen molar-refractivity contribution in [3.8, 4) is 0 Å². The van der Waals surface area contributed by atoms with Crippen molar-refractivity contribution in [1.82, 2.24) is 14.9 Å². The Morgan fingerprint density at radius 2 is 1.96 bits per heavy atom. The quantitative estimate of drug-likeness (QED) is 0.904. The Morgan fingerprint density at radius 1 is 1.17 bits per heavy atom. The van der Waals surface area contributed by atoms with Crippen LogP contribution in [0.25, 0.3) is 10.2 Å². The fourth-order valence-electron chi connectivity index (χ4n) is 3.14. The molecule has 1 aliphatic heterocycles. The number of carboxylic acids is 1. The van der Waals surface area contributed by atoms with Crippen LogP contribution < -0.4 is 4.90 Å². The van der Waals surface area contributed by atoms with Crippen molar-refractivity contribution in [2.75, 3.05) is 31.1 Å². The molecule has 2 aliphatic rings. The van der Waals surface area contributed by atoms with E-state index >= 15 is 0 Å². The molecule has 1 N–H and O–H groups in total. The lowest BCUT2D eigenvalue weighted by molar-refractivity contribution is -0.142. The third kappa shape index (κ3) is 2.52. The first-order valence-electron chi connectivity index (χ1n) is 7.60. The van der Waals surface area contributed by atoms with E-state index < -0.39 is 11.9 Å². The SMILES string of the molecule is O=C(O)C1CC1C(=O)N1CCN(c2ncnc3sccc23)CC1. The predicted molar refractivity (Wildman–Crippen MR) is 85.4 cm³/mol. The molecule has 2 aromatic heterocycles. The second-order valence-corrected chi connectivity index (χ2v) is 6.83. The average Bonchev–Trinajstić information content (AvgIpc) is 3.24. The number of thiophene rings is 1. The van der Waals surface area contributed by atoms with E-state index in [9.17, 15) is 9.59 Å². The Balaban J connectivity index is 1.42. The lowest BCUT2D eigenvalue weighted by Crippen LogP contribution is -2.49. The van der Waals surface area contributed by atoms with Gasteiger partial charge in [-0.05, 0) is 17.9 Å². The van der Waals surface area contributed by atoms with E-state index in [1.54, 1.807) is 22.6 Å². The van der Waals surface area contributed by atoms with E-state index in [-0.39, 0.29) is 11.8 Å². The molecule has 2 atom stereocenters. The highest BCUT2D eigenvalue weighted by molar-refractivity contribution is 7.16. The minimum absolute atomic E-state index is 0.0135. The second-order valence-electron chi connectivity index (χ2n) is 5.94. The normalized spacial score (nSPS) is 24.0. The van der Waals surface area contributed by atoms with Crippen molar-refractivity contribution >= 4 is 39.2 Å². The topological polar surface area (TPSA) is 86.6 Å². The summed E-state index contributed by atoms with van der Waals surface area (Å²) in [5, 5.41) is 12.0. The number of fused-ring (bicyclic) bond motifs is 1. The molecule has 120 valence electrons. The van der Waals surface area contributed by atoms with Gasteiger partial charge in [0.05, 0.1) is 17.2 Å². The fraction of sp³-hybridized carbons (Fsp3) is 0.467. The molecule has 0 spiro atoms. The molecule has 1 saturated heterocycles. The maximum absolute atomic E-state index is 12.3. The number of aromatic nitrogens is 2. The third-order valence-electron chi connectivity index (χ3n) is 4.56. The maximum Gasteiger partial charge on any atom is 0.307 e. The minimum atomic E-state index is -0.858. The standard InChI is InChI=1S/C15H16N4O3S/c20-14(10-7-11(10)15(21)22)19-4-2-18(3-5-19)12-9-1-6-23-13(9)17-8-16-12/h1,6,8,10-11H,2-5,7H2,(H,21,22). The first-order valence-corrected chi connectivity index (χ1v) is 8.48. The molecular weight excluding hydrogens is 316 g/mol. The summed E-state index contributed by atoms with van der Waals surface area (Å²) in [6.07, 6.45) is 2.06. The van der Waals surface area contributed by atoms with Crippen LogP contribution in [-0.4, -0.2) is 58.0 Å². The van der Waals surface area contributed by atoms with Crippen molar-refractivity contribution in [1.29, 1.82) is 0 Å². The van der Waals surface area contributed by atoms with E-state index in [2.05, 4.69) is 14.9 Å². The van der Waals surface area contributed by atoms with Crippen LogP contribution in [0.3, 0.4) is 0 Å². The molecule has 1 saturated carbocycles. The molecule has 2 unspecified atom stereocenters. The molecular formula is C15H16N4O3S.